The average molecular weight is 418 g/mol. The van der Waals surface area contributed by atoms with Crippen molar-refractivity contribution in [2.45, 2.75) is 38.3 Å². The smallest absolute Gasteiger partial charge is 0.222 e. The molecule has 2 aliphatic rings. The molecule has 1 amide bonds. The molecule has 0 aromatic heterocycles. The first-order chi connectivity index (χ1) is 12.3. The minimum Gasteiger partial charge on any atom is -0.375 e. The molecule has 0 radical (unpaired) electrons. The summed E-state index contributed by atoms with van der Waals surface area (Å²) in [5.41, 5.74) is 1.31. The lowest BCUT2D eigenvalue weighted by molar-refractivity contribution is -0.126. The molecule has 2 N–H and O–H groups in total. The molecule has 2 fully saturated rings. The SMILES string of the molecule is Cl.Cl.O=C(CC1CN(Cc2ccccc2)CCO1)NCCC1CCCNC1. The number of hydrogen-bond acceptors (Lipinski definition) is 4. The number of morpholine rings is 1. The zero-order valence-corrected chi connectivity index (χ0v) is 17.5. The Balaban J connectivity index is 0.00000182. The summed E-state index contributed by atoms with van der Waals surface area (Å²) in [4.78, 5) is 14.6. The highest BCUT2D eigenvalue weighted by Crippen LogP contribution is 2.14. The molecule has 27 heavy (non-hydrogen) atoms. The predicted molar refractivity (Wildman–Crippen MR) is 114 cm³/mol. The molecule has 2 atom stereocenters. The van der Waals surface area contributed by atoms with Gasteiger partial charge >= 0.3 is 0 Å². The van der Waals surface area contributed by atoms with E-state index < -0.39 is 0 Å². The molecule has 2 saturated heterocycles. The number of hydrogen-bond donors (Lipinski definition) is 2. The van der Waals surface area contributed by atoms with Gasteiger partial charge < -0.3 is 15.4 Å². The zero-order valence-electron chi connectivity index (χ0n) is 15.9. The van der Waals surface area contributed by atoms with E-state index in [1.807, 2.05) is 6.07 Å². The van der Waals surface area contributed by atoms with Crippen LogP contribution >= 0.6 is 24.8 Å². The Morgan fingerprint density at radius 3 is 2.81 bits per heavy atom. The molecule has 1 aromatic rings. The molecule has 2 unspecified atom stereocenters. The fraction of sp³-hybridized carbons (Fsp3) is 0.650. The van der Waals surface area contributed by atoms with E-state index in [1.165, 1.54) is 18.4 Å². The molecule has 0 bridgehead atoms. The molecule has 0 saturated carbocycles. The summed E-state index contributed by atoms with van der Waals surface area (Å²) in [5, 5.41) is 6.50. The Kier molecular flexibility index (Phi) is 12.0. The van der Waals surface area contributed by atoms with Crippen LogP contribution in [-0.2, 0) is 16.1 Å². The fourth-order valence-electron chi connectivity index (χ4n) is 3.75. The van der Waals surface area contributed by atoms with Gasteiger partial charge in [0.25, 0.3) is 0 Å². The van der Waals surface area contributed by atoms with Crippen LogP contribution in [0.25, 0.3) is 0 Å². The van der Waals surface area contributed by atoms with Crippen LogP contribution in [0.3, 0.4) is 0 Å². The van der Waals surface area contributed by atoms with E-state index in [0.29, 0.717) is 18.9 Å². The molecule has 154 valence electrons. The van der Waals surface area contributed by atoms with Crippen LogP contribution in [0.5, 0.6) is 0 Å². The maximum Gasteiger partial charge on any atom is 0.222 e. The first-order valence-corrected chi connectivity index (χ1v) is 9.65. The number of carbonyl (C=O) groups is 1. The molecule has 0 spiro atoms. The number of nitrogens with zero attached hydrogens (tertiary/aromatic N) is 1. The first kappa shape index (κ1) is 24.2. The van der Waals surface area contributed by atoms with Crippen molar-refractivity contribution in [3.8, 4) is 0 Å². The van der Waals surface area contributed by atoms with Gasteiger partial charge in [0.2, 0.25) is 5.91 Å². The Bertz CT molecular complexity index is 527. The average Bonchev–Trinajstić information content (AvgIpc) is 2.64. The minimum atomic E-state index is 0. The summed E-state index contributed by atoms with van der Waals surface area (Å²) in [6.45, 7) is 6.41. The van der Waals surface area contributed by atoms with E-state index in [2.05, 4.69) is 39.8 Å². The maximum absolute atomic E-state index is 12.2. The Hall–Kier alpha value is -0.850. The van der Waals surface area contributed by atoms with Crippen LogP contribution in [0.15, 0.2) is 30.3 Å². The van der Waals surface area contributed by atoms with Gasteiger partial charge in [0, 0.05) is 26.2 Å². The highest BCUT2D eigenvalue weighted by Gasteiger charge is 2.23. The number of piperidine rings is 1. The van der Waals surface area contributed by atoms with Crippen LogP contribution in [0.4, 0.5) is 0 Å². The highest BCUT2D eigenvalue weighted by molar-refractivity contribution is 5.85. The van der Waals surface area contributed by atoms with E-state index in [-0.39, 0.29) is 36.8 Å². The second kappa shape index (κ2) is 13.3. The summed E-state index contributed by atoms with van der Waals surface area (Å²) >= 11 is 0. The number of nitrogens with one attached hydrogen (secondary N) is 2. The third-order valence-corrected chi connectivity index (χ3v) is 5.16. The predicted octanol–water partition coefficient (Wildman–Crippen LogP) is 2.63. The van der Waals surface area contributed by atoms with Crippen LogP contribution in [-0.4, -0.2) is 56.2 Å². The van der Waals surface area contributed by atoms with Gasteiger partial charge in [-0.1, -0.05) is 30.3 Å². The van der Waals surface area contributed by atoms with Crippen LogP contribution in [0.2, 0.25) is 0 Å². The number of amides is 1. The van der Waals surface area contributed by atoms with Gasteiger partial charge in [-0.2, -0.15) is 0 Å². The topological polar surface area (TPSA) is 53.6 Å². The summed E-state index contributed by atoms with van der Waals surface area (Å²) in [6.07, 6.45) is 4.08. The third-order valence-electron chi connectivity index (χ3n) is 5.16. The number of halogens is 2. The first-order valence-electron chi connectivity index (χ1n) is 9.65. The number of benzene rings is 1. The van der Waals surface area contributed by atoms with Crippen molar-refractivity contribution >= 4 is 30.7 Å². The quantitative estimate of drug-likeness (QED) is 0.715. The van der Waals surface area contributed by atoms with Crippen molar-refractivity contribution in [2.75, 3.05) is 39.3 Å². The third kappa shape index (κ3) is 8.79. The van der Waals surface area contributed by atoms with E-state index >= 15 is 0 Å². The fourth-order valence-corrected chi connectivity index (χ4v) is 3.75. The minimum absolute atomic E-state index is 0. The lowest BCUT2D eigenvalue weighted by atomic mass is 9.96. The highest BCUT2D eigenvalue weighted by atomic mass is 35.5. The van der Waals surface area contributed by atoms with Crippen molar-refractivity contribution in [2.24, 2.45) is 5.92 Å². The molecule has 1 aromatic carbocycles. The van der Waals surface area contributed by atoms with Gasteiger partial charge in [0.1, 0.15) is 0 Å². The van der Waals surface area contributed by atoms with E-state index in [1.54, 1.807) is 0 Å². The Morgan fingerprint density at radius 1 is 1.26 bits per heavy atom. The molecule has 2 heterocycles. The number of ether oxygens (including phenoxy) is 1. The molecule has 3 rings (SSSR count). The standard InChI is InChI=1S/C20H31N3O2.2ClH/c24-20(22-10-8-17-7-4-9-21-14-17)13-19-16-23(11-12-25-19)15-18-5-2-1-3-6-18;;/h1-3,5-6,17,19,21H,4,7-16H2,(H,22,24);2*1H. The summed E-state index contributed by atoms with van der Waals surface area (Å²) in [7, 11) is 0. The van der Waals surface area contributed by atoms with Crippen LogP contribution in [0.1, 0.15) is 31.2 Å². The van der Waals surface area contributed by atoms with Gasteiger partial charge in [-0.15, -0.1) is 24.8 Å². The van der Waals surface area contributed by atoms with Crippen LogP contribution in [0, 0.1) is 5.92 Å². The Morgan fingerprint density at radius 2 is 2.07 bits per heavy atom. The summed E-state index contributed by atoms with van der Waals surface area (Å²) in [6, 6.07) is 10.5. The molecule has 5 nitrogen and oxygen atoms in total. The van der Waals surface area contributed by atoms with E-state index in [0.717, 1.165) is 45.7 Å². The normalized spacial score (nSPS) is 23.0. The largest absolute Gasteiger partial charge is 0.375 e. The molecular formula is C20H33Cl2N3O2. The van der Waals surface area contributed by atoms with Gasteiger partial charge in [-0.05, 0) is 43.8 Å². The van der Waals surface area contributed by atoms with Gasteiger partial charge in [0.05, 0.1) is 19.1 Å². The van der Waals surface area contributed by atoms with Gasteiger partial charge in [-0.25, -0.2) is 0 Å². The van der Waals surface area contributed by atoms with Crippen LogP contribution < -0.4 is 10.6 Å². The van der Waals surface area contributed by atoms with E-state index in [9.17, 15) is 4.79 Å². The van der Waals surface area contributed by atoms with Crippen molar-refractivity contribution in [3.05, 3.63) is 35.9 Å². The number of carbonyl (C=O) groups excluding carboxylic acids is 1. The summed E-state index contributed by atoms with van der Waals surface area (Å²) < 4.78 is 5.80. The molecule has 7 heteroatoms. The van der Waals surface area contributed by atoms with Crippen molar-refractivity contribution in [3.63, 3.8) is 0 Å². The molecular weight excluding hydrogens is 385 g/mol. The monoisotopic (exact) mass is 417 g/mol. The maximum atomic E-state index is 12.2. The zero-order chi connectivity index (χ0) is 17.3. The second-order valence-electron chi connectivity index (χ2n) is 7.27. The Labute approximate surface area is 175 Å². The number of rotatable bonds is 7. The molecule has 2 aliphatic heterocycles. The van der Waals surface area contributed by atoms with Gasteiger partial charge in [0.15, 0.2) is 0 Å². The van der Waals surface area contributed by atoms with Crippen molar-refractivity contribution in [1.82, 2.24) is 15.5 Å². The van der Waals surface area contributed by atoms with Gasteiger partial charge in [-0.3, -0.25) is 9.69 Å². The van der Waals surface area contributed by atoms with E-state index in [4.69, 9.17) is 4.74 Å². The second-order valence-corrected chi connectivity index (χ2v) is 7.27. The van der Waals surface area contributed by atoms with Crippen molar-refractivity contribution in [1.29, 1.82) is 0 Å². The lowest BCUT2D eigenvalue weighted by Crippen LogP contribution is -2.44. The lowest BCUT2D eigenvalue weighted by Gasteiger charge is -2.32. The molecule has 0 aliphatic carbocycles. The summed E-state index contributed by atoms with van der Waals surface area (Å²) in [5.74, 6) is 0.830. The van der Waals surface area contributed by atoms with Crippen molar-refractivity contribution < 1.29 is 9.53 Å².